The fourth-order valence-corrected chi connectivity index (χ4v) is 3.66. The number of carbonyl (C=O) groups excluding carboxylic acids is 1. The van der Waals surface area contributed by atoms with Crippen LogP contribution < -0.4 is 10.1 Å². The first kappa shape index (κ1) is 22.3. The number of nitrogens with zero attached hydrogens (tertiary/aromatic N) is 5. The van der Waals surface area contributed by atoms with Gasteiger partial charge in [0.2, 0.25) is 0 Å². The van der Waals surface area contributed by atoms with Gasteiger partial charge in [-0.15, -0.1) is 0 Å². The molecule has 4 aromatic rings. The number of nitrogens with one attached hydrogen (secondary N) is 1. The summed E-state index contributed by atoms with van der Waals surface area (Å²) < 4.78 is 7.22. The van der Waals surface area contributed by atoms with Crippen molar-refractivity contribution in [3.05, 3.63) is 66.0 Å². The molecule has 4 rings (SSSR count). The van der Waals surface area contributed by atoms with Crippen LogP contribution >= 0.6 is 0 Å². The molecule has 0 bridgehead atoms. The minimum absolute atomic E-state index is 0.0840. The summed E-state index contributed by atoms with van der Waals surface area (Å²) >= 11 is 0. The minimum atomic E-state index is -0.0840. The Balaban J connectivity index is 1.86. The average Bonchev–Trinajstić information content (AvgIpc) is 3.18. The third-order valence-electron chi connectivity index (χ3n) is 5.24. The predicted octanol–water partition coefficient (Wildman–Crippen LogP) is 4.07. The number of amides is 1. The molecule has 170 valence electrons. The van der Waals surface area contributed by atoms with E-state index in [2.05, 4.69) is 29.1 Å². The molecule has 0 aliphatic rings. The molecule has 0 saturated heterocycles. The first-order valence-electron chi connectivity index (χ1n) is 10.8. The van der Waals surface area contributed by atoms with Gasteiger partial charge in [-0.05, 0) is 49.7 Å². The number of carbonyl (C=O) groups is 1. The van der Waals surface area contributed by atoms with Gasteiger partial charge in [0.1, 0.15) is 17.3 Å². The minimum Gasteiger partial charge on any atom is -0.497 e. The van der Waals surface area contributed by atoms with Crippen LogP contribution in [0.5, 0.6) is 5.75 Å². The van der Waals surface area contributed by atoms with E-state index >= 15 is 0 Å². The molecular weight excluding hydrogens is 416 g/mol. The summed E-state index contributed by atoms with van der Waals surface area (Å²) in [6, 6.07) is 13.6. The summed E-state index contributed by atoms with van der Waals surface area (Å²) in [6.45, 7) is 4.70. The van der Waals surface area contributed by atoms with E-state index in [0.29, 0.717) is 23.5 Å². The Labute approximate surface area is 193 Å². The average molecular weight is 445 g/mol. The molecule has 0 spiro atoms. The van der Waals surface area contributed by atoms with Crippen LogP contribution in [0.25, 0.3) is 22.3 Å². The molecule has 8 nitrogen and oxygen atoms in total. The lowest BCUT2D eigenvalue weighted by atomic mass is 10.1. The van der Waals surface area contributed by atoms with Crippen LogP contribution in [-0.4, -0.2) is 57.8 Å². The first-order chi connectivity index (χ1) is 15.9. The molecule has 3 heterocycles. The number of aromatic nitrogens is 4. The van der Waals surface area contributed by atoms with Gasteiger partial charge in [-0.1, -0.05) is 12.1 Å². The van der Waals surface area contributed by atoms with E-state index in [1.54, 1.807) is 50.6 Å². The standard InChI is InChI=1S/C25H28N6O2/c1-16(2)28-24-22-21(11-13-27-24)31(15-17-6-8-19(33-5)9-7-17)29-23(22)20-14-18(10-12-26-20)25(32)30(3)4/h6-14,16H,15H2,1-5H3,(H,27,28). The molecule has 8 heteroatoms. The quantitative estimate of drug-likeness (QED) is 0.462. The molecular formula is C25H28N6O2. The number of pyridine rings is 2. The summed E-state index contributed by atoms with van der Waals surface area (Å²) in [6.07, 6.45) is 3.43. The highest BCUT2D eigenvalue weighted by Crippen LogP contribution is 2.32. The highest BCUT2D eigenvalue weighted by Gasteiger charge is 2.20. The van der Waals surface area contributed by atoms with E-state index in [1.807, 2.05) is 35.0 Å². The summed E-state index contributed by atoms with van der Waals surface area (Å²) in [5.74, 6) is 1.47. The summed E-state index contributed by atoms with van der Waals surface area (Å²) in [7, 11) is 5.12. The summed E-state index contributed by atoms with van der Waals surface area (Å²) in [4.78, 5) is 23.2. The number of hydrogen-bond donors (Lipinski definition) is 1. The molecule has 0 aliphatic heterocycles. The fraction of sp³-hybridized carbons (Fsp3) is 0.280. The van der Waals surface area contributed by atoms with Gasteiger partial charge in [0.25, 0.3) is 5.91 Å². The third-order valence-corrected chi connectivity index (χ3v) is 5.24. The van der Waals surface area contributed by atoms with E-state index in [9.17, 15) is 4.79 Å². The monoisotopic (exact) mass is 444 g/mol. The Morgan fingerprint density at radius 3 is 2.48 bits per heavy atom. The van der Waals surface area contributed by atoms with Gasteiger partial charge in [-0.3, -0.25) is 14.5 Å². The third kappa shape index (κ3) is 4.64. The Morgan fingerprint density at radius 2 is 1.82 bits per heavy atom. The lowest BCUT2D eigenvalue weighted by Gasteiger charge is -2.12. The molecule has 0 unspecified atom stereocenters. The van der Waals surface area contributed by atoms with E-state index < -0.39 is 0 Å². The Bertz CT molecular complexity index is 1280. The van der Waals surface area contributed by atoms with Crippen molar-refractivity contribution in [2.45, 2.75) is 26.4 Å². The second kappa shape index (κ2) is 9.28. The van der Waals surface area contributed by atoms with Gasteiger partial charge in [-0.2, -0.15) is 5.10 Å². The normalized spacial score (nSPS) is 11.1. The van der Waals surface area contributed by atoms with E-state index in [-0.39, 0.29) is 11.9 Å². The van der Waals surface area contributed by atoms with Crippen molar-refractivity contribution in [2.24, 2.45) is 0 Å². The van der Waals surface area contributed by atoms with Crippen molar-refractivity contribution in [2.75, 3.05) is 26.5 Å². The van der Waals surface area contributed by atoms with E-state index in [4.69, 9.17) is 9.84 Å². The predicted molar refractivity (Wildman–Crippen MR) is 130 cm³/mol. The number of hydrogen-bond acceptors (Lipinski definition) is 6. The maximum Gasteiger partial charge on any atom is 0.253 e. The zero-order valence-corrected chi connectivity index (χ0v) is 19.5. The zero-order valence-electron chi connectivity index (χ0n) is 19.5. The second-order valence-corrected chi connectivity index (χ2v) is 8.34. The smallest absolute Gasteiger partial charge is 0.253 e. The molecule has 1 N–H and O–H groups in total. The lowest BCUT2D eigenvalue weighted by molar-refractivity contribution is 0.0827. The van der Waals surface area contributed by atoms with Crippen LogP contribution in [0, 0.1) is 0 Å². The lowest BCUT2D eigenvalue weighted by Crippen LogP contribution is -2.21. The second-order valence-electron chi connectivity index (χ2n) is 8.34. The van der Waals surface area contributed by atoms with Gasteiger partial charge in [0, 0.05) is 38.1 Å². The molecule has 3 aromatic heterocycles. The SMILES string of the molecule is COc1ccc(Cn2nc(-c3cc(C(=O)N(C)C)ccn3)c3c(NC(C)C)nccc32)cc1. The number of rotatable bonds is 7. The maximum absolute atomic E-state index is 12.5. The van der Waals surface area contributed by atoms with Gasteiger partial charge in [-0.25, -0.2) is 4.98 Å². The molecule has 0 radical (unpaired) electrons. The van der Waals surface area contributed by atoms with Crippen molar-refractivity contribution >= 4 is 22.6 Å². The number of ether oxygens (including phenoxy) is 1. The van der Waals surface area contributed by atoms with Crippen molar-refractivity contribution in [3.63, 3.8) is 0 Å². The van der Waals surface area contributed by atoms with Gasteiger partial charge in [0.05, 0.1) is 30.3 Å². The molecule has 33 heavy (non-hydrogen) atoms. The van der Waals surface area contributed by atoms with Crippen LogP contribution in [-0.2, 0) is 6.54 Å². The van der Waals surface area contributed by atoms with Crippen molar-refractivity contribution in [3.8, 4) is 17.1 Å². The first-order valence-corrected chi connectivity index (χ1v) is 10.8. The highest BCUT2D eigenvalue weighted by molar-refractivity contribution is 6.01. The molecule has 0 aliphatic carbocycles. The van der Waals surface area contributed by atoms with Crippen molar-refractivity contribution in [1.82, 2.24) is 24.6 Å². The Kier molecular flexibility index (Phi) is 6.26. The van der Waals surface area contributed by atoms with Crippen molar-refractivity contribution in [1.29, 1.82) is 0 Å². The zero-order chi connectivity index (χ0) is 23.5. The molecule has 0 fully saturated rings. The maximum atomic E-state index is 12.5. The summed E-state index contributed by atoms with van der Waals surface area (Å²) in [5.41, 5.74) is 3.89. The number of fused-ring (bicyclic) bond motifs is 1. The topological polar surface area (TPSA) is 85.2 Å². The van der Waals surface area contributed by atoms with Gasteiger partial charge >= 0.3 is 0 Å². The number of methoxy groups -OCH3 is 1. The van der Waals surface area contributed by atoms with Crippen molar-refractivity contribution < 1.29 is 9.53 Å². The molecule has 0 saturated carbocycles. The Morgan fingerprint density at radius 1 is 1.09 bits per heavy atom. The van der Waals surface area contributed by atoms with Crippen LogP contribution in [0.2, 0.25) is 0 Å². The fourth-order valence-electron chi connectivity index (χ4n) is 3.66. The van der Waals surface area contributed by atoms with E-state index in [1.165, 1.54) is 0 Å². The van der Waals surface area contributed by atoms with Crippen LogP contribution in [0.1, 0.15) is 29.8 Å². The molecule has 0 atom stereocenters. The van der Waals surface area contributed by atoms with E-state index in [0.717, 1.165) is 28.0 Å². The number of benzene rings is 1. The summed E-state index contributed by atoms with van der Waals surface area (Å²) in [5, 5.41) is 9.23. The highest BCUT2D eigenvalue weighted by atomic mass is 16.5. The van der Waals surface area contributed by atoms with Gasteiger partial charge < -0.3 is 15.0 Å². The Hall–Kier alpha value is -3.94. The van der Waals surface area contributed by atoms with Crippen LogP contribution in [0.3, 0.4) is 0 Å². The largest absolute Gasteiger partial charge is 0.497 e. The van der Waals surface area contributed by atoms with Crippen LogP contribution in [0.4, 0.5) is 5.82 Å². The molecule has 1 aromatic carbocycles. The number of anilines is 1. The molecule has 1 amide bonds. The van der Waals surface area contributed by atoms with Gasteiger partial charge in [0.15, 0.2) is 0 Å². The van der Waals surface area contributed by atoms with Crippen LogP contribution in [0.15, 0.2) is 54.9 Å².